The summed E-state index contributed by atoms with van der Waals surface area (Å²) in [6, 6.07) is 13.8. The van der Waals surface area contributed by atoms with Crippen molar-refractivity contribution in [3.05, 3.63) is 65.5 Å². The third-order valence-electron chi connectivity index (χ3n) is 7.72. The second kappa shape index (κ2) is 7.76. The van der Waals surface area contributed by atoms with Gasteiger partial charge in [0.2, 0.25) is 5.91 Å². The zero-order valence-electron chi connectivity index (χ0n) is 18.2. The van der Waals surface area contributed by atoms with Crippen LogP contribution in [0.5, 0.6) is 0 Å². The number of rotatable bonds is 2. The first kappa shape index (κ1) is 19.5. The van der Waals surface area contributed by atoms with E-state index in [4.69, 9.17) is 0 Å². The molecule has 2 aliphatic heterocycles. The van der Waals surface area contributed by atoms with E-state index in [-0.39, 0.29) is 23.9 Å². The quantitative estimate of drug-likeness (QED) is 0.673. The van der Waals surface area contributed by atoms with Gasteiger partial charge in [-0.3, -0.25) is 14.7 Å². The van der Waals surface area contributed by atoms with Crippen LogP contribution in [0, 0.1) is 5.92 Å². The normalized spacial score (nSPS) is 24.9. The predicted molar refractivity (Wildman–Crippen MR) is 122 cm³/mol. The molecule has 3 aliphatic rings. The molecule has 0 spiro atoms. The Bertz CT molecular complexity index is 1190. The molecule has 3 aromatic rings. The fourth-order valence-electron chi connectivity index (χ4n) is 6.06. The minimum atomic E-state index is -0.365. The number of amides is 2. The van der Waals surface area contributed by atoms with Gasteiger partial charge >= 0.3 is 0 Å². The molecular weight excluding hydrogens is 400 g/mol. The number of nitrogens with zero attached hydrogens (tertiary/aromatic N) is 3. The summed E-state index contributed by atoms with van der Waals surface area (Å²) in [5.41, 5.74) is 2.90. The van der Waals surface area contributed by atoms with E-state index in [1.165, 1.54) is 6.42 Å². The molecule has 0 unspecified atom stereocenters. The third-order valence-corrected chi connectivity index (χ3v) is 7.72. The molecule has 1 saturated carbocycles. The predicted octanol–water partition coefficient (Wildman–Crippen LogP) is 3.92. The molecule has 2 fully saturated rings. The second-order valence-corrected chi connectivity index (χ2v) is 9.52. The molecule has 6 rings (SSSR count). The number of fused-ring (bicyclic) bond motifs is 3. The second-order valence-electron chi connectivity index (χ2n) is 9.52. The van der Waals surface area contributed by atoms with Crippen molar-refractivity contribution in [1.82, 2.24) is 20.0 Å². The summed E-state index contributed by atoms with van der Waals surface area (Å²) in [6.07, 6.45) is 7.84. The van der Waals surface area contributed by atoms with Gasteiger partial charge in [0.05, 0.1) is 6.20 Å². The first-order valence-corrected chi connectivity index (χ1v) is 11.8. The highest BCUT2D eigenvalue weighted by Crippen LogP contribution is 2.41. The molecule has 164 valence electrons. The highest BCUT2D eigenvalue weighted by Gasteiger charge is 2.48. The average molecular weight is 429 g/mol. The SMILES string of the molecule is O=C([C@@H]1C[C@@H]2CCCC[C@@H]2N1C(=O)c1ccc2ccccc2c1)N1CCc2[nH]ncc2C1. The van der Waals surface area contributed by atoms with Gasteiger partial charge in [-0.25, -0.2) is 0 Å². The van der Waals surface area contributed by atoms with E-state index in [0.29, 0.717) is 24.6 Å². The summed E-state index contributed by atoms with van der Waals surface area (Å²) < 4.78 is 0. The van der Waals surface area contributed by atoms with E-state index < -0.39 is 0 Å². The van der Waals surface area contributed by atoms with E-state index in [2.05, 4.69) is 16.3 Å². The lowest BCUT2D eigenvalue weighted by molar-refractivity contribution is -0.136. The summed E-state index contributed by atoms with van der Waals surface area (Å²) in [6.45, 7) is 1.26. The number of carbonyl (C=O) groups is 2. The van der Waals surface area contributed by atoms with E-state index in [0.717, 1.165) is 54.1 Å². The zero-order chi connectivity index (χ0) is 21.7. The van der Waals surface area contributed by atoms with Crippen molar-refractivity contribution in [2.45, 2.75) is 57.2 Å². The Hall–Kier alpha value is -3.15. The molecular formula is C26H28N4O2. The van der Waals surface area contributed by atoms with Crippen LogP contribution in [0.15, 0.2) is 48.7 Å². The highest BCUT2D eigenvalue weighted by molar-refractivity contribution is 6.01. The van der Waals surface area contributed by atoms with Crippen molar-refractivity contribution >= 4 is 22.6 Å². The van der Waals surface area contributed by atoms with Crippen LogP contribution in [0.25, 0.3) is 10.8 Å². The number of aromatic amines is 1. The Labute approximate surface area is 187 Å². The molecule has 0 bridgehead atoms. The van der Waals surface area contributed by atoms with Crippen LogP contribution in [-0.4, -0.2) is 50.4 Å². The molecule has 0 radical (unpaired) electrons. The van der Waals surface area contributed by atoms with Crippen LogP contribution in [0.3, 0.4) is 0 Å². The Kier molecular flexibility index (Phi) is 4.74. The molecule has 6 nitrogen and oxygen atoms in total. The third kappa shape index (κ3) is 3.20. The maximum absolute atomic E-state index is 13.8. The number of hydrogen-bond donors (Lipinski definition) is 1. The van der Waals surface area contributed by atoms with Crippen molar-refractivity contribution in [1.29, 1.82) is 0 Å². The van der Waals surface area contributed by atoms with E-state index >= 15 is 0 Å². The minimum Gasteiger partial charge on any atom is -0.336 e. The molecule has 1 aromatic heterocycles. The molecule has 3 heterocycles. The van der Waals surface area contributed by atoms with E-state index in [1.54, 1.807) is 0 Å². The van der Waals surface area contributed by atoms with Gasteiger partial charge in [-0.05, 0) is 48.1 Å². The number of H-pyrrole nitrogens is 1. The van der Waals surface area contributed by atoms with Crippen molar-refractivity contribution in [3.63, 3.8) is 0 Å². The highest BCUT2D eigenvalue weighted by atomic mass is 16.2. The molecule has 2 amide bonds. The topological polar surface area (TPSA) is 69.3 Å². The first-order chi connectivity index (χ1) is 15.7. The smallest absolute Gasteiger partial charge is 0.254 e. The largest absolute Gasteiger partial charge is 0.336 e. The number of hydrogen-bond acceptors (Lipinski definition) is 3. The van der Waals surface area contributed by atoms with Gasteiger partial charge in [-0.15, -0.1) is 0 Å². The van der Waals surface area contributed by atoms with Gasteiger partial charge in [-0.1, -0.05) is 43.2 Å². The monoisotopic (exact) mass is 428 g/mol. The number of likely N-dealkylation sites (tertiary alicyclic amines) is 1. The zero-order valence-corrected chi connectivity index (χ0v) is 18.2. The average Bonchev–Trinajstić information content (AvgIpc) is 3.47. The summed E-state index contributed by atoms with van der Waals surface area (Å²) in [4.78, 5) is 31.5. The summed E-state index contributed by atoms with van der Waals surface area (Å²) in [7, 11) is 0. The molecule has 1 N–H and O–H groups in total. The molecule has 32 heavy (non-hydrogen) atoms. The van der Waals surface area contributed by atoms with Gasteiger partial charge in [0, 0.05) is 42.4 Å². The van der Waals surface area contributed by atoms with Gasteiger partial charge in [0.1, 0.15) is 6.04 Å². The van der Waals surface area contributed by atoms with Crippen LogP contribution >= 0.6 is 0 Å². The standard InChI is InChI=1S/C26H28N4O2/c31-25(20-10-9-17-5-1-2-6-18(17)13-20)30-23-8-4-3-7-19(23)14-24(30)26(32)29-12-11-22-21(16-29)15-27-28-22/h1-2,5-6,9-10,13,15,19,23-24H,3-4,7-8,11-12,14,16H2,(H,27,28)/t19-,23-,24-/m0/s1. The molecule has 6 heteroatoms. The maximum atomic E-state index is 13.8. The molecule has 1 aliphatic carbocycles. The lowest BCUT2D eigenvalue weighted by atomic mass is 9.84. The van der Waals surface area contributed by atoms with Crippen molar-refractivity contribution in [3.8, 4) is 0 Å². The molecule has 3 atom stereocenters. The van der Waals surface area contributed by atoms with Gasteiger partial charge < -0.3 is 9.80 Å². The Morgan fingerprint density at radius 3 is 2.78 bits per heavy atom. The van der Waals surface area contributed by atoms with Gasteiger partial charge in [-0.2, -0.15) is 5.10 Å². The van der Waals surface area contributed by atoms with Crippen molar-refractivity contribution < 1.29 is 9.59 Å². The van der Waals surface area contributed by atoms with E-state index in [9.17, 15) is 9.59 Å². The van der Waals surface area contributed by atoms with Crippen LogP contribution in [0.4, 0.5) is 0 Å². The number of aromatic nitrogens is 2. The van der Waals surface area contributed by atoms with Crippen molar-refractivity contribution in [2.75, 3.05) is 6.54 Å². The lowest BCUT2D eigenvalue weighted by Gasteiger charge is -2.36. The molecule has 1 saturated heterocycles. The summed E-state index contributed by atoms with van der Waals surface area (Å²) in [5.74, 6) is 0.529. The number of carbonyl (C=O) groups excluding carboxylic acids is 2. The first-order valence-electron chi connectivity index (χ1n) is 11.8. The maximum Gasteiger partial charge on any atom is 0.254 e. The van der Waals surface area contributed by atoms with Gasteiger partial charge in [0.25, 0.3) is 5.91 Å². The Morgan fingerprint density at radius 2 is 1.88 bits per heavy atom. The number of nitrogens with one attached hydrogen (secondary N) is 1. The fourth-order valence-corrected chi connectivity index (χ4v) is 6.06. The Morgan fingerprint density at radius 1 is 1.03 bits per heavy atom. The summed E-state index contributed by atoms with van der Waals surface area (Å²) >= 11 is 0. The number of benzene rings is 2. The van der Waals surface area contributed by atoms with Crippen LogP contribution in [0.1, 0.15) is 53.7 Å². The van der Waals surface area contributed by atoms with Crippen LogP contribution < -0.4 is 0 Å². The minimum absolute atomic E-state index is 0.00418. The van der Waals surface area contributed by atoms with Gasteiger partial charge in [0.15, 0.2) is 0 Å². The van der Waals surface area contributed by atoms with Crippen LogP contribution in [-0.2, 0) is 17.8 Å². The lowest BCUT2D eigenvalue weighted by Crippen LogP contribution is -2.51. The van der Waals surface area contributed by atoms with Crippen molar-refractivity contribution in [2.24, 2.45) is 5.92 Å². The van der Waals surface area contributed by atoms with E-state index in [1.807, 2.05) is 52.4 Å². The fraction of sp³-hybridized carbons (Fsp3) is 0.423. The summed E-state index contributed by atoms with van der Waals surface area (Å²) in [5, 5.41) is 9.35. The molecule has 2 aromatic carbocycles. The Balaban J connectivity index is 1.32. The van der Waals surface area contributed by atoms with Crippen LogP contribution in [0.2, 0.25) is 0 Å².